The van der Waals surface area contributed by atoms with Crippen molar-refractivity contribution in [2.24, 2.45) is 0 Å². The number of hydrogen-bond donors (Lipinski definition) is 2. The van der Waals surface area contributed by atoms with Gasteiger partial charge in [0, 0.05) is 17.5 Å². The Morgan fingerprint density at radius 1 is 1.52 bits per heavy atom. The van der Waals surface area contributed by atoms with Crippen molar-refractivity contribution in [2.45, 2.75) is 25.8 Å². The summed E-state index contributed by atoms with van der Waals surface area (Å²) in [5.41, 5.74) is 0.787. The van der Waals surface area contributed by atoms with Gasteiger partial charge in [-0.05, 0) is 38.9 Å². The van der Waals surface area contributed by atoms with Gasteiger partial charge in [0.1, 0.15) is 0 Å². The highest BCUT2D eigenvalue weighted by atomic mass is 35.5. The fourth-order valence-electron chi connectivity index (χ4n) is 1.91. The SMILES string of the molecule is CCOC(=O)C=Cc1csc(NC2CCNCC2)n1.Cl.Cl. The molecule has 0 radical (unpaired) electrons. The zero-order chi connectivity index (χ0) is 13.5. The van der Waals surface area contributed by atoms with Crippen molar-refractivity contribution in [1.29, 1.82) is 0 Å². The van der Waals surface area contributed by atoms with E-state index in [9.17, 15) is 4.79 Å². The molecule has 0 saturated carbocycles. The Bertz CT molecular complexity index is 448. The molecule has 1 aliphatic rings. The number of piperidine rings is 1. The number of thiazole rings is 1. The first-order chi connectivity index (χ1) is 9.28. The van der Waals surface area contributed by atoms with E-state index in [1.54, 1.807) is 24.3 Å². The average Bonchev–Trinajstić information content (AvgIpc) is 2.86. The lowest BCUT2D eigenvalue weighted by molar-refractivity contribution is -0.137. The van der Waals surface area contributed by atoms with E-state index in [0.29, 0.717) is 12.6 Å². The number of esters is 1. The lowest BCUT2D eigenvalue weighted by Crippen LogP contribution is -2.35. The highest BCUT2D eigenvalue weighted by molar-refractivity contribution is 7.13. The Balaban J connectivity index is 0.00000200. The van der Waals surface area contributed by atoms with Gasteiger partial charge >= 0.3 is 5.97 Å². The first-order valence-electron chi connectivity index (χ1n) is 6.55. The summed E-state index contributed by atoms with van der Waals surface area (Å²) in [6.45, 7) is 4.29. The summed E-state index contributed by atoms with van der Waals surface area (Å²) in [6, 6.07) is 0.495. The van der Waals surface area contributed by atoms with Crippen LogP contribution < -0.4 is 10.6 Å². The minimum atomic E-state index is -0.330. The topological polar surface area (TPSA) is 63.2 Å². The summed E-state index contributed by atoms with van der Waals surface area (Å²) in [5, 5.41) is 9.60. The van der Waals surface area contributed by atoms with Crippen LogP contribution in [0.3, 0.4) is 0 Å². The Kier molecular flexibility index (Phi) is 10.4. The number of nitrogens with one attached hydrogen (secondary N) is 2. The van der Waals surface area contributed by atoms with Crippen LogP contribution in [0.1, 0.15) is 25.5 Å². The maximum atomic E-state index is 11.2. The monoisotopic (exact) mass is 353 g/mol. The van der Waals surface area contributed by atoms with E-state index < -0.39 is 0 Å². The number of carbonyl (C=O) groups excluding carboxylic acids is 1. The number of halogens is 2. The number of ether oxygens (including phenoxy) is 1. The maximum absolute atomic E-state index is 11.2. The minimum absolute atomic E-state index is 0. The highest BCUT2D eigenvalue weighted by Gasteiger charge is 2.13. The minimum Gasteiger partial charge on any atom is -0.463 e. The second kappa shape index (κ2) is 10.8. The molecule has 21 heavy (non-hydrogen) atoms. The maximum Gasteiger partial charge on any atom is 0.330 e. The summed E-state index contributed by atoms with van der Waals surface area (Å²) in [7, 11) is 0. The van der Waals surface area contributed by atoms with Gasteiger partial charge < -0.3 is 15.4 Å². The van der Waals surface area contributed by atoms with Crippen molar-refractivity contribution in [2.75, 3.05) is 25.0 Å². The molecule has 1 aromatic heterocycles. The van der Waals surface area contributed by atoms with Crippen LogP contribution in [0.4, 0.5) is 5.13 Å². The molecule has 2 heterocycles. The Hall–Kier alpha value is -0.820. The zero-order valence-electron chi connectivity index (χ0n) is 11.8. The zero-order valence-corrected chi connectivity index (χ0v) is 14.3. The molecule has 0 spiro atoms. The van der Waals surface area contributed by atoms with E-state index in [4.69, 9.17) is 4.74 Å². The first kappa shape index (κ1) is 20.2. The molecule has 2 N–H and O–H groups in total. The van der Waals surface area contributed by atoms with Gasteiger partial charge in [-0.15, -0.1) is 36.2 Å². The van der Waals surface area contributed by atoms with Crippen molar-refractivity contribution in [3.63, 3.8) is 0 Å². The third-order valence-electron chi connectivity index (χ3n) is 2.87. The van der Waals surface area contributed by atoms with Crippen LogP contribution in [0.5, 0.6) is 0 Å². The van der Waals surface area contributed by atoms with Gasteiger partial charge in [0.05, 0.1) is 12.3 Å². The Morgan fingerprint density at radius 2 is 2.24 bits per heavy atom. The molecule has 1 saturated heterocycles. The second-order valence-electron chi connectivity index (χ2n) is 4.33. The molecule has 5 nitrogen and oxygen atoms in total. The van der Waals surface area contributed by atoms with Crippen molar-refractivity contribution in [3.8, 4) is 0 Å². The van der Waals surface area contributed by atoms with E-state index in [0.717, 1.165) is 36.8 Å². The van der Waals surface area contributed by atoms with Gasteiger partial charge in [0.15, 0.2) is 5.13 Å². The summed E-state index contributed by atoms with van der Waals surface area (Å²) >= 11 is 1.56. The van der Waals surface area contributed by atoms with E-state index in [-0.39, 0.29) is 30.8 Å². The third kappa shape index (κ3) is 7.13. The highest BCUT2D eigenvalue weighted by Crippen LogP contribution is 2.19. The number of carbonyl (C=O) groups is 1. The predicted octanol–water partition coefficient (Wildman–Crippen LogP) is 2.73. The molecule has 0 unspecified atom stereocenters. The van der Waals surface area contributed by atoms with E-state index in [1.165, 1.54) is 6.08 Å². The van der Waals surface area contributed by atoms with Gasteiger partial charge in [-0.1, -0.05) is 0 Å². The number of hydrogen-bond acceptors (Lipinski definition) is 6. The van der Waals surface area contributed by atoms with Crippen molar-refractivity contribution >= 4 is 53.3 Å². The van der Waals surface area contributed by atoms with Crippen molar-refractivity contribution in [3.05, 3.63) is 17.2 Å². The fourth-order valence-corrected chi connectivity index (χ4v) is 2.67. The molecular formula is C13H21Cl2N3O2S. The Morgan fingerprint density at radius 3 is 2.90 bits per heavy atom. The molecule has 120 valence electrons. The molecule has 1 aromatic rings. The quantitative estimate of drug-likeness (QED) is 0.629. The van der Waals surface area contributed by atoms with E-state index in [2.05, 4.69) is 15.6 Å². The largest absolute Gasteiger partial charge is 0.463 e. The molecule has 0 aromatic carbocycles. The van der Waals surface area contributed by atoms with Crippen LogP contribution >= 0.6 is 36.2 Å². The normalized spacial score (nSPS) is 15.1. The average molecular weight is 354 g/mol. The molecule has 0 amide bonds. The van der Waals surface area contributed by atoms with Crippen LogP contribution in [0.15, 0.2) is 11.5 Å². The molecule has 0 bridgehead atoms. The molecule has 8 heteroatoms. The third-order valence-corrected chi connectivity index (χ3v) is 3.66. The first-order valence-corrected chi connectivity index (χ1v) is 7.43. The van der Waals surface area contributed by atoms with Crippen LogP contribution in [-0.2, 0) is 9.53 Å². The molecule has 1 fully saturated rings. The summed E-state index contributed by atoms with van der Waals surface area (Å²) < 4.78 is 4.82. The Labute approximate surface area is 141 Å². The van der Waals surface area contributed by atoms with Crippen LogP contribution in [0, 0.1) is 0 Å². The number of aromatic nitrogens is 1. The predicted molar refractivity (Wildman–Crippen MR) is 91.8 cm³/mol. The summed E-state index contributed by atoms with van der Waals surface area (Å²) in [4.78, 5) is 15.6. The van der Waals surface area contributed by atoms with Crippen LogP contribution in [0.2, 0.25) is 0 Å². The van der Waals surface area contributed by atoms with Gasteiger partial charge in [-0.3, -0.25) is 0 Å². The number of rotatable bonds is 5. The summed E-state index contributed by atoms with van der Waals surface area (Å²) in [6.07, 6.45) is 5.33. The van der Waals surface area contributed by atoms with Crippen LogP contribution in [0.25, 0.3) is 6.08 Å². The van der Waals surface area contributed by atoms with Crippen molar-refractivity contribution in [1.82, 2.24) is 10.3 Å². The lowest BCUT2D eigenvalue weighted by atomic mass is 10.1. The summed E-state index contributed by atoms with van der Waals surface area (Å²) in [5.74, 6) is -0.330. The molecule has 1 aliphatic heterocycles. The van der Waals surface area contributed by atoms with Gasteiger partial charge in [-0.25, -0.2) is 9.78 Å². The lowest BCUT2D eigenvalue weighted by Gasteiger charge is -2.23. The molecule has 0 aliphatic carbocycles. The smallest absolute Gasteiger partial charge is 0.330 e. The van der Waals surface area contributed by atoms with Crippen LogP contribution in [-0.4, -0.2) is 36.7 Å². The molecule has 0 atom stereocenters. The fraction of sp³-hybridized carbons (Fsp3) is 0.538. The van der Waals surface area contributed by atoms with Crippen molar-refractivity contribution < 1.29 is 9.53 Å². The number of anilines is 1. The van der Waals surface area contributed by atoms with Gasteiger partial charge in [-0.2, -0.15) is 0 Å². The second-order valence-corrected chi connectivity index (χ2v) is 5.19. The van der Waals surface area contributed by atoms with Gasteiger partial charge in [0.2, 0.25) is 0 Å². The standard InChI is InChI=1S/C13H19N3O2S.2ClH/c1-2-18-12(17)4-3-11-9-19-13(16-11)15-10-5-7-14-8-6-10;;/h3-4,9-10,14H,2,5-8H2,1H3,(H,15,16);2*1H. The van der Waals surface area contributed by atoms with E-state index >= 15 is 0 Å². The number of nitrogens with zero attached hydrogens (tertiary/aromatic N) is 1. The molecule has 2 rings (SSSR count). The van der Waals surface area contributed by atoms with Gasteiger partial charge in [0.25, 0.3) is 0 Å². The molecular weight excluding hydrogens is 333 g/mol. The van der Waals surface area contributed by atoms with E-state index in [1.807, 2.05) is 5.38 Å².